The second kappa shape index (κ2) is 7.56. The maximum Gasteiger partial charge on any atom is 0.255 e. The number of benzene rings is 3. The fraction of sp³-hybridized carbons (Fsp3) is 0.321. The fourth-order valence-electron chi connectivity index (χ4n) is 5.90. The number of piperidine rings is 1. The second-order valence-electron chi connectivity index (χ2n) is 9.17. The molecule has 2 aliphatic heterocycles. The molecule has 31 heavy (non-hydrogen) atoms. The quantitative estimate of drug-likeness (QED) is 0.505. The highest BCUT2D eigenvalue weighted by Gasteiger charge is 2.40. The first-order chi connectivity index (χ1) is 15.3. The van der Waals surface area contributed by atoms with E-state index in [-0.39, 0.29) is 11.9 Å². The van der Waals surface area contributed by atoms with E-state index in [1.807, 2.05) is 11.0 Å². The van der Waals surface area contributed by atoms with Crippen LogP contribution in [0.2, 0.25) is 0 Å². The van der Waals surface area contributed by atoms with Gasteiger partial charge in [0.1, 0.15) is 0 Å². The Bertz CT molecular complexity index is 1170. The van der Waals surface area contributed by atoms with Crippen molar-refractivity contribution in [3.05, 3.63) is 89.5 Å². The number of rotatable bonds is 2. The van der Waals surface area contributed by atoms with E-state index in [1.54, 1.807) is 0 Å². The number of hydrogen-bond donors (Lipinski definition) is 1. The topological polar surface area (TPSA) is 32.3 Å². The van der Waals surface area contributed by atoms with Crippen LogP contribution in [-0.4, -0.2) is 23.9 Å². The highest BCUT2D eigenvalue weighted by molar-refractivity contribution is 6.01. The molecule has 3 aliphatic rings. The largest absolute Gasteiger partial charge is 0.377 e. The summed E-state index contributed by atoms with van der Waals surface area (Å²) in [4.78, 5) is 15.5. The molecule has 6 rings (SSSR count). The van der Waals surface area contributed by atoms with Gasteiger partial charge in [-0.1, -0.05) is 66.7 Å². The fourth-order valence-corrected chi connectivity index (χ4v) is 5.90. The number of carbonyl (C=O) groups excluding carboxylic acids is 1. The molecule has 1 N–H and O–H groups in total. The first-order valence-electron chi connectivity index (χ1n) is 11.6. The van der Waals surface area contributed by atoms with Gasteiger partial charge >= 0.3 is 0 Å². The van der Waals surface area contributed by atoms with Crippen LogP contribution in [0.15, 0.2) is 72.8 Å². The molecular weight excluding hydrogens is 380 g/mol. The van der Waals surface area contributed by atoms with Crippen molar-refractivity contribution in [3.63, 3.8) is 0 Å². The van der Waals surface area contributed by atoms with E-state index in [4.69, 9.17) is 0 Å². The lowest BCUT2D eigenvalue weighted by atomic mass is 9.75. The lowest BCUT2D eigenvalue weighted by Gasteiger charge is -2.39. The lowest BCUT2D eigenvalue weighted by Crippen LogP contribution is -2.37. The molecular formula is C28H28N2O. The first kappa shape index (κ1) is 18.7. The second-order valence-corrected chi connectivity index (χ2v) is 9.17. The minimum Gasteiger partial charge on any atom is -0.377 e. The van der Waals surface area contributed by atoms with Crippen LogP contribution in [0.3, 0.4) is 0 Å². The van der Waals surface area contributed by atoms with Crippen LogP contribution >= 0.6 is 0 Å². The number of likely N-dealkylation sites (tertiary alicyclic amines) is 1. The highest BCUT2D eigenvalue weighted by Crippen LogP contribution is 2.51. The van der Waals surface area contributed by atoms with E-state index in [2.05, 4.69) is 72.1 Å². The van der Waals surface area contributed by atoms with Crippen molar-refractivity contribution >= 4 is 22.4 Å². The minimum absolute atomic E-state index is 0.182. The maximum absolute atomic E-state index is 13.5. The van der Waals surface area contributed by atoms with E-state index < -0.39 is 0 Å². The van der Waals surface area contributed by atoms with Crippen LogP contribution < -0.4 is 5.32 Å². The number of anilines is 1. The van der Waals surface area contributed by atoms with E-state index in [0.717, 1.165) is 43.6 Å². The van der Waals surface area contributed by atoms with E-state index in [9.17, 15) is 4.79 Å². The van der Waals surface area contributed by atoms with Gasteiger partial charge in [-0.15, -0.1) is 0 Å². The van der Waals surface area contributed by atoms with Gasteiger partial charge in [0.2, 0.25) is 0 Å². The normalized spacial score (nSPS) is 24.5. The molecule has 0 spiro atoms. The summed E-state index contributed by atoms with van der Waals surface area (Å²) in [5, 5.41) is 6.45. The molecule has 3 heteroatoms. The molecule has 0 aromatic heterocycles. The van der Waals surface area contributed by atoms with Gasteiger partial charge in [-0.3, -0.25) is 4.79 Å². The summed E-state index contributed by atoms with van der Waals surface area (Å²) >= 11 is 0. The standard InChI is InChI=1S/C28H28N2O/c31-28(30-17-4-1-5-18-30)25-16-8-15-24-21-12-7-14-23(21)26(29-27(24)25)22-13-6-10-19-9-2-3-11-20(19)22/h2-3,6-13,15-16,21,23,26,29H,1,4-5,14,17-18H2. The molecule has 3 atom stereocenters. The lowest BCUT2D eigenvalue weighted by molar-refractivity contribution is 0.0725. The molecule has 0 radical (unpaired) electrons. The summed E-state index contributed by atoms with van der Waals surface area (Å²) in [6.07, 6.45) is 9.20. The zero-order valence-corrected chi connectivity index (χ0v) is 17.8. The van der Waals surface area contributed by atoms with E-state index >= 15 is 0 Å². The Morgan fingerprint density at radius 2 is 1.65 bits per heavy atom. The summed E-state index contributed by atoms with van der Waals surface area (Å²) in [7, 11) is 0. The van der Waals surface area contributed by atoms with Gasteiger partial charge in [0.25, 0.3) is 5.91 Å². The molecule has 3 nitrogen and oxygen atoms in total. The van der Waals surface area contributed by atoms with Gasteiger partial charge in [0, 0.05) is 19.0 Å². The number of para-hydroxylation sites is 1. The zero-order valence-electron chi connectivity index (χ0n) is 17.8. The third-order valence-electron chi connectivity index (χ3n) is 7.43. The Morgan fingerprint density at radius 1 is 0.871 bits per heavy atom. The third kappa shape index (κ3) is 3.06. The van der Waals surface area contributed by atoms with Crippen molar-refractivity contribution in [2.45, 2.75) is 37.6 Å². The Labute approximate surface area is 183 Å². The van der Waals surface area contributed by atoms with E-state index in [0.29, 0.717) is 11.8 Å². The van der Waals surface area contributed by atoms with Gasteiger partial charge in [0.05, 0.1) is 17.3 Å². The molecule has 1 aliphatic carbocycles. The third-order valence-corrected chi connectivity index (χ3v) is 7.43. The smallest absolute Gasteiger partial charge is 0.255 e. The number of hydrogen-bond acceptors (Lipinski definition) is 2. The first-order valence-corrected chi connectivity index (χ1v) is 11.6. The molecule has 3 unspecified atom stereocenters. The van der Waals surface area contributed by atoms with Crippen molar-refractivity contribution in [2.75, 3.05) is 18.4 Å². The van der Waals surface area contributed by atoms with Crippen LogP contribution in [0.5, 0.6) is 0 Å². The molecule has 1 fully saturated rings. The minimum atomic E-state index is 0.182. The van der Waals surface area contributed by atoms with Crippen molar-refractivity contribution in [3.8, 4) is 0 Å². The van der Waals surface area contributed by atoms with E-state index in [1.165, 1.54) is 28.3 Å². The average Bonchev–Trinajstić information content (AvgIpc) is 3.33. The molecule has 1 amide bonds. The summed E-state index contributed by atoms with van der Waals surface area (Å²) in [6, 6.07) is 21.7. The molecule has 3 aromatic carbocycles. The molecule has 1 saturated heterocycles. The summed E-state index contributed by atoms with van der Waals surface area (Å²) < 4.78 is 0. The molecule has 2 heterocycles. The summed E-state index contributed by atoms with van der Waals surface area (Å²) in [5.41, 5.74) is 4.49. The number of fused-ring (bicyclic) bond motifs is 4. The highest BCUT2D eigenvalue weighted by atomic mass is 16.2. The van der Waals surface area contributed by atoms with Crippen LogP contribution in [-0.2, 0) is 0 Å². The number of allylic oxidation sites excluding steroid dienone is 2. The van der Waals surface area contributed by atoms with Crippen molar-refractivity contribution < 1.29 is 4.79 Å². The number of nitrogens with one attached hydrogen (secondary N) is 1. The van der Waals surface area contributed by atoms with Crippen LogP contribution in [0.25, 0.3) is 10.8 Å². The van der Waals surface area contributed by atoms with Crippen LogP contribution in [0, 0.1) is 5.92 Å². The van der Waals surface area contributed by atoms with Crippen molar-refractivity contribution in [1.29, 1.82) is 0 Å². The zero-order chi connectivity index (χ0) is 20.8. The van der Waals surface area contributed by atoms with Crippen LogP contribution in [0.4, 0.5) is 5.69 Å². The maximum atomic E-state index is 13.5. The van der Waals surface area contributed by atoms with Crippen molar-refractivity contribution in [2.24, 2.45) is 5.92 Å². The monoisotopic (exact) mass is 408 g/mol. The number of nitrogens with zero attached hydrogens (tertiary/aromatic N) is 1. The summed E-state index contributed by atoms with van der Waals surface area (Å²) in [6.45, 7) is 1.75. The molecule has 156 valence electrons. The average molecular weight is 409 g/mol. The number of carbonyl (C=O) groups is 1. The number of amides is 1. The van der Waals surface area contributed by atoms with Gasteiger partial charge < -0.3 is 10.2 Å². The molecule has 0 saturated carbocycles. The molecule has 3 aromatic rings. The van der Waals surface area contributed by atoms with Gasteiger partial charge in [-0.2, -0.15) is 0 Å². The Morgan fingerprint density at radius 3 is 2.55 bits per heavy atom. The van der Waals surface area contributed by atoms with Crippen molar-refractivity contribution in [1.82, 2.24) is 4.90 Å². The van der Waals surface area contributed by atoms with Gasteiger partial charge in [-0.25, -0.2) is 0 Å². The Balaban J connectivity index is 1.46. The van der Waals surface area contributed by atoms with Gasteiger partial charge in [0.15, 0.2) is 0 Å². The Kier molecular flexibility index (Phi) is 4.56. The summed E-state index contributed by atoms with van der Waals surface area (Å²) in [5.74, 6) is 1.01. The SMILES string of the molecule is O=C(c1cccc2c1NC(c1cccc3ccccc13)C1CC=CC21)N1CCCCC1. The van der Waals surface area contributed by atoms with Gasteiger partial charge in [-0.05, 0) is 59.6 Å². The predicted octanol–water partition coefficient (Wildman–Crippen LogP) is 6.29. The molecule has 0 bridgehead atoms. The van der Waals surface area contributed by atoms with Crippen LogP contribution in [0.1, 0.15) is 59.1 Å². The Hall–Kier alpha value is -3.07. The predicted molar refractivity (Wildman–Crippen MR) is 126 cm³/mol.